The highest BCUT2D eigenvalue weighted by Gasteiger charge is 2.22. The van der Waals surface area contributed by atoms with Gasteiger partial charge in [0.25, 0.3) is 0 Å². The number of carbonyl (C=O) groups is 1. The highest BCUT2D eigenvalue weighted by molar-refractivity contribution is 7.99. The summed E-state index contributed by atoms with van der Waals surface area (Å²) in [7, 11) is 1.39. The van der Waals surface area contributed by atoms with Gasteiger partial charge in [-0.25, -0.2) is 14.8 Å². The van der Waals surface area contributed by atoms with Crippen molar-refractivity contribution in [1.29, 1.82) is 0 Å². The Morgan fingerprint density at radius 2 is 1.96 bits per heavy atom. The maximum absolute atomic E-state index is 12.5. The third-order valence-electron chi connectivity index (χ3n) is 4.56. The predicted octanol–water partition coefficient (Wildman–Crippen LogP) is 3.79. The molecule has 0 aliphatic carbocycles. The van der Waals surface area contributed by atoms with E-state index in [1.54, 1.807) is 0 Å². The lowest BCUT2D eigenvalue weighted by Gasteiger charge is -2.17. The number of rotatable bonds is 9. The summed E-state index contributed by atoms with van der Waals surface area (Å²) in [6.07, 6.45) is 4.46. The minimum atomic E-state index is -0.410. The van der Waals surface area contributed by atoms with E-state index in [2.05, 4.69) is 32.3 Å². The second-order valence-corrected chi connectivity index (χ2v) is 8.22. The maximum atomic E-state index is 12.5. The molecule has 0 amide bonds. The fourth-order valence-electron chi connectivity index (χ4n) is 3.09. The first-order valence-corrected chi connectivity index (χ1v) is 11.6. The zero-order valence-corrected chi connectivity index (χ0v) is 17.9. The van der Waals surface area contributed by atoms with Crippen molar-refractivity contribution in [3.05, 3.63) is 41.5 Å². The van der Waals surface area contributed by atoms with E-state index in [0.717, 1.165) is 31.9 Å². The van der Waals surface area contributed by atoms with Crippen LogP contribution in [0.3, 0.4) is 0 Å². The molecule has 1 aliphatic rings. The molecule has 0 radical (unpaired) electrons. The third-order valence-corrected chi connectivity index (χ3v) is 6.16. The van der Waals surface area contributed by atoms with Crippen LogP contribution >= 0.6 is 23.5 Å². The lowest BCUT2D eigenvalue weighted by molar-refractivity contribution is 0.0596. The van der Waals surface area contributed by atoms with E-state index in [0.29, 0.717) is 21.6 Å². The first-order valence-electron chi connectivity index (χ1n) is 9.38. The van der Waals surface area contributed by atoms with Crippen molar-refractivity contribution >= 4 is 35.3 Å². The summed E-state index contributed by atoms with van der Waals surface area (Å²) in [6, 6.07) is 10.1. The number of anilines is 1. The molecule has 1 aromatic heterocycles. The molecule has 1 aliphatic heterocycles. The van der Waals surface area contributed by atoms with Crippen LogP contribution in [0.5, 0.6) is 0 Å². The Morgan fingerprint density at radius 1 is 1.21 bits per heavy atom. The van der Waals surface area contributed by atoms with Gasteiger partial charge in [-0.2, -0.15) is 0 Å². The zero-order chi connectivity index (χ0) is 19.8. The van der Waals surface area contributed by atoms with Crippen LogP contribution in [0.25, 0.3) is 0 Å². The van der Waals surface area contributed by atoms with E-state index < -0.39 is 5.97 Å². The molecule has 3 rings (SSSR count). The molecule has 150 valence electrons. The van der Waals surface area contributed by atoms with Gasteiger partial charge in [0.15, 0.2) is 5.16 Å². The predicted molar refractivity (Wildman–Crippen MR) is 115 cm³/mol. The standard InChI is InChI=1S/C20H26N4O2S2/c1-26-19(25)16-17(21-10-13-24-11-6-7-12-24)22-20(27-2)23-18(16)28-14-15-8-4-3-5-9-15/h3-5,8-9H,6-7,10-14H2,1-2H3,(H,21,22,23). The second-order valence-electron chi connectivity index (χ2n) is 6.48. The summed E-state index contributed by atoms with van der Waals surface area (Å²) >= 11 is 3.00. The van der Waals surface area contributed by atoms with E-state index in [1.807, 2.05) is 24.5 Å². The summed E-state index contributed by atoms with van der Waals surface area (Å²) in [4.78, 5) is 24.1. The molecular formula is C20H26N4O2S2. The van der Waals surface area contributed by atoms with Crippen LogP contribution in [-0.4, -0.2) is 60.4 Å². The number of carbonyl (C=O) groups excluding carboxylic acids is 1. The van der Waals surface area contributed by atoms with Crippen molar-refractivity contribution < 1.29 is 9.53 Å². The number of aromatic nitrogens is 2. The van der Waals surface area contributed by atoms with Crippen LogP contribution in [-0.2, 0) is 10.5 Å². The monoisotopic (exact) mass is 418 g/mol. The van der Waals surface area contributed by atoms with Crippen molar-refractivity contribution in [2.24, 2.45) is 0 Å². The molecule has 0 atom stereocenters. The van der Waals surface area contributed by atoms with E-state index in [9.17, 15) is 4.79 Å². The molecule has 2 heterocycles. The fourth-order valence-corrected chi connectivity index (χ4v) is 4.49. The molecule has 0 unspecified atom stereocenters. The lowest BCUT2D eigenvalue weighted by Crippen LogP contribution is -2.27. The van der Waals surface area contributed by atoms with Gasteiger partial charge in [-0.1, -0.05) is 42.1 Å². The highest BCUT2D eigenvalue weighted by Crippen LogP contribution is 2.31. The van der Waals surface area contributed by atoms with Crippen molar-refractivity contribution in [3.63, 3.8) is 0 Å². The summed E-state index contributed by atoms with van der Waals surface area (Å²) in [5.74, 6) is 0.871. The van der Waals surface area contributed by atoms with Crippen molar-refractivity contribution in [1.82, 2.24) is 14.9 Å². The van der Waals surface area contributed by atoms with Crippen LogP contribution in [0.4, 0.5) is 5.82 Å². The molecule has 28 heavy (non-hydrogen) atoms. The second kappa shape index (κ2) is 10.7. The molecule has 6 nitrogen and oxygen atoms in total. The molecule has 8 heteroatoms. The summed E-state index contributed by atoms with van der Waals surface area (Å²) in [5.41, 5.74) is 1.60. The minimum Gasteiger partial charge on any atom is -0.465 e. The van der Waals surface area contributed by atoms with Gasteiger partial charge in [0.1, 0.15) is 16.4 Å². The normalized spacial score (nSPS) is 14.2. The van der Waals surface area contributed by atoms with Gasteiger partial charge in [-0.3, -0.25) is 0 Å². The topological polar surface area (TPSA) is 67.3 Å². The number of thioether (sulfide) groups is 2. The Morgan fingerprint density at radius 3 is 2.64 bits per heavy atom. The number of nitrogens with one attached hydrogen (secondary N) is 1. The summed E-state index contributed by atoms with van der Waals surface area (Å²) < 4.78 is 5.03. The first kappa shape index (κ1) is 21.0. The Labute approximate surface area is 174 Å². The van der Waals surface area contributed by atoms with E-state index >= 15 is 0 Å². The van der Waals surface area contributed by atoms with Crippen LogP contribution in [0.1, 0.15) is 28.8 Å². The van der Waals surface area contributed by atoms with E-state index in [-0.39, 0.29) is 0 Å². The number of nitrogens with zero attached hydrogens (tertiary/aromatic N) is 3. The Kier molecular flexibility index (Phi) is 8.00. The smallest absolute Gasteiger partial charge is 0.344 e. The average Bonchev–Trinajstić information content (AvgIpc) is 3.25. The van der Waals surface area contributed by atoms with Gasteiger partial charge in [0.05, 0.1) is 7.11 Å². The molecule has 0 bridgehead atoms. The largest absolute Gasteiger partial charge is 0.465 e. The first-order chi connectivity index (χ1) is 13.7. The van der Waals surface area contributed by atoms with Gasteiger partial charge in [-0.15, -0.1) is 11.8 Å². The van der Waals surface area contributed by atoms with Crippen LogP contribution < -0.4 is 5.32 Å². The molecular weight excluding hydrogens is 392 g/mol. The van der Waals surface area contributed by atoms with Crippen molar-refractivity contribution in [2.75, 3.05) is 44.9 Å². The average molecular weight is 419 g/mol. The number of esters is 1. The zero-order valence-electron chi connectivity index (χ0n) is 16.3. The van der Waals surface area contributed by atoms with Crippen molar-refractivity contribution in [3.8, 4) is 0 Å². The number of hydrogen-bond donors (Lipinski definition) is 1. The van der Waals surface area contributed by atoms with Gasteiger partial charge in [0.2, 0.25) is 0 Å². The number of benzene rings is 1. The van der Waals surface area contributed by atoms with Crippen molar-refractivity contribution in [2.45, 2.75) is 28.8 Å². The van der Waals surface area contributed by atoms with Crippen LogP contribution in [0, 0.1) is 0 Å². The summed E-state index contributed by atoms with van der Waals surface area (Å²) in [5, 5.41) is 4.65. The van der Waals surface area contributed by atoms with Gasteiger partial charge in [-0.05, 0) is 37.8 Å². The van der Waals surface area contributed by atoms with Gasteiger partial charge < -0.3 is 15.0 Å². The van der Waals surface area contributed by atoms with Gasteiger partial charge >= 0.3 is 5.97 Å². The number of methoxy groups -OCH3 is 1. The van der Waals surface area contributed by atoms with E-state index in [1.165, 1.54) is 49.0 Å². The van der Waals surface area contributed by atoms with E-state index in [4.69, 9.17) is 4.74 Å². The minimum absolute atomic E-state index is 0.410. The number of hydrogen-bond acceptors (Lipinski definition) is 8. The SMILES string of the molecule is COC(=O)c1c(NCCN2CCCC2)nc(SC)nc1SCc1ccccc1. The molecule has 1 aromatic carbocycles. The molecule has 0 saturated carbocycles. The summed E-state index contributed by atoms with van der Waals surface area (Å²) in [6.45, 7) is 3.95. The highest BCUT2D eigenvalue weighted by atomic mass is 32.2. The van der Waals surface area contributed by atoms with Gasteiger partial charge in [0, 0.05) is 18.8 Å². The maximum Gasteiger partial charge on any atom is 0.344 e. The third kappa shape index (κ3) is 5.62. The number of ether oxygens (including phenoxy) is 1. The Bertz CT molecular complexity index is 783. The molecule has 1 fully saturated rings. The van der Waals surface area contributed by atoms with Crippen LogP contribution in [0.15, 0.2) is 40.5 Å². The molecule has 1 saturated heterocycles. The molecule has 2 aromatic rings. The Balaban J connectivity index is 1.80. The molecule has 1 N–H and O–H groups in total. The Hall–Kier alpha value is -1.77. The molecule has 0 spiro atoms. The fraction of sp³-hybridized carbons (Fsp3) is 0.450. The lowest BCUT2D eigenvalue weighted by atomic mass is 10.2. The number of likely N-dealkylation sites (tertiary alicyclic amines) is 1. The van der Waals surface area contributed by atoms with Crippen LogP contribution in [0.2, 0.25) is 0 Å². The quantitative estimate of drug-likeness (QED) is 0.286.